The van der Waals surface area contributed by atoms with Crippen LogP contribution in [-0.4, -0.2) is 19.6 Å². The predicted molar refractivity (Wildman–Crippen MR) is 69.4 cm³/mol. The summed E-state index contributed by atoms with van der Waals surface area (Å²) in [4.78, 5) is 12.0. The van der Waals surface area contributed by atoms with E-state index >= 15 is 0 Å². The largest absolute Gasteiger partial charge is 0.496 e. The van der Waals surface area contributed by atoms with Gasteiger partial charge in [0.25, 0.3) is 5.91 Å². The summed E-state index contributed by atoms with van der Waals surface area (Å²) in [5, 5.41) is 2.96. The van der Waals surface area contributed by atoms with Crippen LogP contribution < -0.4 is 10.1 Å². The standard InChI is InChI=1S/C14H21NO2/c1-4-11(5-2)10-15-14(16)12-8-6-7-9-13(12)17-3/h6-9,11H,4-5,10H2,1-3H3,(H,15,16). The van der Waals surface area contributed by atoms with Gasteiger partial charge < -0.3 is 10.1 Å². The second-order valence-electron chi connectivity index (χ2n) is 4.09. The molecule has 0 aliphatic rings. The van der Waals surface area contributed by atoms with Gasteiger partial charge in [0.15, 0.2) is 0 Å². The van der Waals surface area contributed by atoms with Crippen LogP contribution >= 0.6 is 0 Å². The van der Waals surface area contributed by atoms with Crippen molar-refractivity contribution >= 4 is 5.91 Å². The Balaban J connectivity index is 2.63. The van der Waals surface area contributed by atoms with Gasteiger partial charge in [-0.2, -0.15) is 0 Å². The third kappa shape index (κ3) is 3.77. The Morgan fingerprint density at radius 1 is 1.29 bits per heavy atom. The zero-order chi connectivity index (χ0) is 12.7. The van der Waals surface area contributed by atoms with Crippen molar-refractivity contribution < 1.29 is 9.53 Å². The number of methoxy groups -OCH3 is 1. The van der Waals surface area contributed by atoms with Crippen LogP contribution in [0, 0.1) is 5.92 Å². The fourth-order valence-electron chi connectivity index (χ4n) is 1.74. The molecule has 0 heterocycles. The maximum Gasteiger partial charge on any atom is 0.255 e. The van der Waals surface area contributed by atoms with Crippen LogP contribution in [0.25, 0.3) is 0 Å². The molecule has 3 heteroatoms. The average Bonchev–Trinajstić information content (AvgIpc) is 2.39. The zero-order valence-electron chi connectivity index (χ0n) is 10.8. The van der Waals surface area contributed by atoms with E-state index in [9.17, 15) is 4.79 Å². The summed E-state index contributed by atoms with van der Waals surface area (Å²) < 4.78 is 5.17. The molecule has 0 aromatic heterocycles. The maximum absolute atomic E-state index is 12.0. The number of carbonyl (C=O) groups is 1. The van der Waals surface area contributed by atoms with E-state index in [2.05, 4.69) is 19.2 Å². The summed E-state index contributed by atoms with van der Waals surface area (Å²) in [5.74, 6) is 1.11. The molecule has 0 aliphatic carbocycles. The van der Waals surface area contributed by atoms with Crippen LogP contribution in [0.1, 0.15) is 37.0 Å². The number of hydrogen-bond donors (Lipinski definition) is 1. The van der Waals surface area contributed by atoms with Gasteiger partial charge in [-0.15, -0.1) is 0 Å². The Bertz CT molecular complexity index is 359. The minimum absolute atomic E-state index is 0.0608. The third-order valence-corrected chi connectivity index (χ3v) is 3.06. The van der Waals surface area contributed by atoms with E-state index in [1.807, 2.05) is 12.1 Å². The normalized spacial score (nSPS) is 10.4. The van der Waals surface area contributed by atoms with E-state index in [4.69, 9.17) is 4.74 Å². The number of ether oxygens (including phenoxy) is 1. The SMILES string of the molecule is CCC(CC)CNC(=O)c1ccccc1OC. The first-order chi connectivity index (χ1) is 8.22. The highest BCUT2D eigenvalue weighted by Crippen LogP contribution is 2.17. The van der Waals surface area contributed by atoms with Gasteiger partial charge in [-0.25, -0.2) is 0 Å². The first kappa shape index (κ1) is 13.6. The van der Waals surface area contributed by atoms with Crippen LogP contribution in [0.4, 0.5) is 0 Å². The minimum atomic E-state index is -0.0608. The number of hydrogen-bond acceptors (Lipinski definition) is 2. The highest BCUT2D eigenvalue weighted by Gasteiger charge is 2.12. The maximum atomic E-state index is 12.0. The lowest BCUT2D eigenvalue weighted by atomic mass is 10.0. The Hall–Kier alpha value is -1.51. The van der Waals surface area contributed by atoms with Crippen molar-refractivity contribution in [2.75, 3.05) is 13.7 Å². The highest BCUT2D eigenvalue weighted by atomic mass is 16.5. The van der Waals surface area contributed by atoms with E-state index in [-0.39, 0.29) is 5.91 Å². The van der Waals surface area contributed by atoms with Gasteiger partial charge in [0.1, 0.15) is 5.75 Å². The molecule has 0 aliphatic heterocycles. The summed E-state index contributed by atoms with van der Waals surface area (Å²) in [5.41, 5.74) is 0.598. The molecule has 1 rings (SSSR count). The van der Waals surface area contributed by atoms with Crippen LogP contribution in [0.15, 0.2) is 24.3 Å². The van der Waals surface area contributed by atoms with Crippen molar-refractivity contribution in [1.29, 1.82) is 0 Å². The summed E-state index contributed by atoms with van der Waals surface area (Å²) in [7, 11) is 1.58. The molecule has 0 radical (unpaired) electrons. The van der Waals surface area contributed by atoms with Crippen molar-refractivity contribution in [3.05, 3.63) is 29.8 Å². The molecule has 1 amide bonds. The lowest BCUT2D eigenvalue weighted by Gasteiger charge is -2.14. The molecule has 0 saturated carbocycles. The Morgan fingerprint density at radius 3 is 2.53 bits per heavy atom. The number of nitrogens with one attached hydrogen (secondary N) is 1. The van der Waals surface area contributed by atoms with Crippen LogP contribution in [0.5, 0.6) is 5.75 Å². The second-order valence-corrected chi connectivity index (χ2v) is 4.09. The molecule has 17 heavy (non-hydrogen) atoms. The van der Waals surface area contributed by atoms with Gasteiger partial charge in [0, 0.05) is 6.54 Å². The van der Waals surface area contributed by atoms with Gasteiger partial charge in [0.05, 0.1) is 12.7 Å². The lowest BCUT2D eigenvalue weighted by Crippen LogP contribution is -2.29. The molecule has 0 saturated heterocycles. The molecular weight excluding hydrogens is 214 g/mol. The summed E-state index contributed by atoms with van der Waals surface area (Å²) in [6.07, 6.45) is 2.17. The number of rotatable bonds is 6. The number of carbonyl (C=O) groups excluding carboxylic acids is 1. The lowest BCUT2D eigenvalue weighted by molar-refractivity contribution is 0.0943. The van der Waals surface area contributed by atoms with Gasteiger partial charge in [0.2, 0.25) is 0 Å². The second kappa shape index (κ2) is 6.94. The quantitative estimate of drug-likeness (QED) is 0.823. The van der Waals surface area contributed by atoms with E-state index in [1.165, 1.54) is 0 Å². The van der Waals surface area contributed by atoms with Gasteiger partial charge in [-0.1, -0.05) is 38.8 Å². The highest BCUT2D eigenvalue weighted by molar-refractivity contribution is 5.96. The molecule has 1 aromatic carbocycles. The Morgan fingerprint density at radius 2 is 1.94 bits per heavy atom. The predicted octanol–water partition coefficient (Wildman–Crippen LogP) is 2.86. The van der Waals surface area contributed by atoms with Crippen LogP contribution in [0.2, 0.25) is 0 Å². The summed E-state index contributed by atoms with van der Waals surface area (Å²) >= 11 is 0. The first-order valence-corrected chi connectivity index (χ1v) is 6.14. The van der Waals surface area contributed by atoms with Crippen LogP contribution in [0.3, 0.4) is 0 Å². The van der Waals surface area contributed by atoms with Crippen molar-refractivity contribution in [2.45, 2.75) is 26.7 Å². The smallest absolute Gasteiger partial charge is 0.255 e. The first-order valence-electron chi connectivity index (χ1n) is 6.14. The molecule has 0 unspecified atom stereocenters. The molecule has 0 atom stereocenters. The van der Waals surface area contributed by atoms with Gasteiger partial charge in [-0.05, 0) is 18.1 Å². The van der Waals surface area contributed by atoms with E-state index < -0.39 is 0 Å². The topological polar surface area (TPSA) is 38.3 Å². The van der Waals surface area contributed by atoms with E-state index in [1.54, 1.807) is 19.2 Å². The minimum Gasteiger partial charge on any atom is -0.496 e. The molecule has 1 aromatic rings. The summed E-state index contributed by atoms with van der Waals surface area (Å²) in [6, 6.07) is 7.28. The number of benzene rings is 1. The average molecular weight is 235 g/mol. The molecule has 3 nitrogen and oxygen atoms in total. The van der Waals surface area contributed by atoms with Gasteiger partial charge >= 0.3 is 0 Å². The zero-order valence-corrected chi connectivity index (χ0v) is 10.8. The van der Waals surface area contributed by atoms with Crippen molar-refractivity contribution in [1.82, 2.24) is 5.32 Å². The van der Waals surface area contributed by atoms with Gasteiger partial charge in [-0.3, -0.25) is 4.79 Å². The molecule has 94 valence electrons. The van der Waals surface area contributed by atoms with Crippen LogP contribution in [-0.2, 0) is 0 Å². The Labute approximate surface area is 103 Å². The van der Waals surface area contributed by atoms with E-state index in [0.717, 1.165) is 19.4 Å². The van der Waals surface area contributed by atoms with E-state index in [0.29, 0.717) is 17.2 Å². The molecular formula is C14H21NO2. The van der Waals surface area contributed by atoms with Crippen molar-refractivity contribution in [3.8, 4) is 5.75 Å². The fourth-order valence-corrected chi connectivity index (χ4v) is 1.74. The molecule has 1 N–H and O–H groups in total. The fraction of sp³-hybridized carbons (Fsp3) is 0.500. The summed E-state index contributed by atoms with van der Waals surface area (Å²) in [6.45, 7) is 5.01. The third-order valence-electron chi connectivity index (χ3n) is 3.06. The van der Waals surface area contributed by atoms with Crippen molar-refractivity contribution in [2.24, 2.45) is 5.92 Å². The number of amides is 1. The molecule has 0 fully saturated rings. The molecule has 0 spiro atoms. The Kier molecular flexibility index (Phi) is 5.53. The monoisotopic (exact) mass is 235 g/mol. The van der Waals surface area contributed by atoms with Crippen molar-refractivity contribution in [3.63, 3.8) is 0 Å². The molecule has 0 bridgehead atoms. The number of para-hydroxylation sites is 1.